The Morgan fingerprint density at radius 2 is 2.21 bits per heavy atom. The second-order valence-corrected chi connectivity index (χ2v) is 5.11. The Labute approximate surface area is 113 Å². The normalized spacial score (nSPS) is 20.4. The fourth-order valence-electron chi connectivity index (χ4n) is 2.28. The number of aromatic nitrogens is 1. The van der Waals surface area contributed by atoms with Crippen LogP contribution in [0.3, 0.4) is 0 Å². The molecule has 0 aliphatic carbocycles. The zero-order valence-electron chi connectivity index (χ0n) is 11.7. The third kappa shape index (κ3) is 3.02. The highest BCUT2D eigenvalue weighted by atomic mass is 16.2. The average molecular weight is 263 g/mol. The van der Waals surface area contributed by atoms with Crippen molar-refractivity contribution in [3.63, 3.8) is 0 Å². The maximum absolute atomic E-state index is 12.5. The number of likely N-dealkylation sites (N-methyl/N-ethyl adjacent to an activating group) is 1. The first-order valence-corrected chi connectivity index (χ1v) is 6.46. The summed E-state index contributed by atoms with van der Waals surface area (Å²) < 4.78 is 0. The van der Waals surface area contributed by atoms with E-state index in [9.17, 15) is 4.79 Å². The molecule has 0 bridgehead atoms. The van der Waals surface area contributed by atoms with Gasteiger partial charge in [0, 0.05) is 36.9 Å². The smallest absolute Gasteiger partial charge is 0.254 e. The molecular formula is C13H21N5O. The van der Waals surface area contributed by atoms with Gasteiger partial charge in [0.05, 0.1) is 0 Å². The Bertz CT molecular complexity index is 476. The van der Waals surface area contributed by atoms with Crippen molar-refractivity contribution in [2.24, 2.45) is 5.84 Å². The first kappa shape index (κ1) is 13.8. The van der Waals surface area contributed by atoms with Crippen molar-refractivity contribution in [1.82, 2.24) is 14.8 Å². The number of aryl methyl sites for hydroxylation is 1. The lowest BCUT2D eigenvalue weighted by Gasteiger charge is -2.37. The Kier molecular flexibility index (Phi) is 4.01. The number of anilines is 1. The summed E-state index contributed by atoms with van der Waals surface area (Å²) >= 11 is 0. The number of amides is 1. The molecule has 2 heterocycles. The summed E-state index contributed by atoms with van der Waals surface area (Å²) in [6.07, 6.45) is 0. The van der Waals surface area contributed by atoms with Gasteiger partial charge in [-0.05, 0) is 33.0 Å². The molecule has 1 saturated heterocycles. The molecule has 1 fully saturated rings. The molecule has 0 aromatic carbocycles. The second-order valence-electron chi connectivity index (χ2n) is 5.11. The number of nitrogens with two attached hydrogens (primary N) is 1. The molecule has 1 aliphatic heterocycles. The zero-order valence-corrected chi connectivity index (χ0v) is 11.7. The minimum Gasteiger partial charge on any atom is -0.336 e. The van der Waals surface area contributed by atoms with E-state index in [0.29, 0.717) is 17.4 Å². The number of pyridine rings is 1. The molecule has 104 valence electrons. The van der Waals surface area contributed by atoms with E-state index in [0.717, 1.165) is 25.3 Å². The summed E-state index contributed by atoms with van der Waals surface area (Å²) in [6.45, 7) is 6.39. The van der Waals surface area contributed by atoms with Gasteiger partial charge in [-0.25, -0.2) is 10.8 Å². The van der Waals surface area contributed by atoms with Gasteiger partial charge in [0.15, 0.2) is 0 Å². The maximum Gasteiger partial charge on any atom is 0.254 e. The predicted molar refractivity (Wildman–Crippen MR) is 74.8 cm³/mol. The van der Waals surface area contributed by atoms with Crippen molar-refractivity contribution in [3.05, 3.63) is 23.4 Å². The third-order valence-corrected chi connectivity index (χ3v) is 3.60. The van der Waals surface area contributed by atoms with Crippen LogP contribution in [0, 0.1) is 6.92 Å². The van der Waals surface area contributed by atoms with Crippen LogP contribution in [0.5, 0.6) is 0 Å². The molecule has 6 heteroatoms. The third-order valence-electron chi connectivity index (χ3n) is 3.60. The highest BCUT2D eigenvalue weighted by Crippen LogP contribution is 2.15. The van der Waals surface area contributed by atoms with E-state index in [1.165, 1.54) is 0 Å². The highest BCUT2D eigenvalue weighted by Gasteiger charge is 2.25. The molecule has 1 atom stereocenters. The van der Waals surface area contributed by atoms with E-state index in [4.69, 9.17) is 5.84 Å². The van der Waals surface area contributed by atoms with Gasteiger partial charge in [-0.15, -0.1) is 0 Å². The van der Waals surface area contributed by atoms with Crippen molar-refractivity contribution in [2.75, 3.05) is 32.1 Å². The number of piperazine rings is 1. The van der Waals surface area contributed by atoms with Crippen LogP contribution in [0.15, 0.2) is 12.1 Å². The molecule has 0 radical (unpaired) electrons. The number of hydrazine groups is 1. The van der Waals surface area contributed by atoms with Crippen molar-refractivity contribution in [2.45, 2.75) is 19.9 Å². The van der Waals surface area contributed by atoms with Crippen molar-refractivity contribution < 1.29 is 4.79 Å². The largest absolute Gasteiger partial charge is 0.336 e. The van der Waals surface area contributed by atoms with Gasteiger partial charge in [0.2, 0.25) is 0 Å². The Hall–Kier alpha value is -1.66. The number of nitrogens with one attached hydrogen (secondary N) is 1. The average Bonchev–Trinajstić information content (AvgIpc) is 2.40. The van der Waals surface area contributed by atoms with Crippen LogP contribution in [0.2, 0.25) is 0 Å². The lowest BCUT2D eigenvalue weighted by Crippen LogP contribution is -2.52. The molecule has 1 unspecified atom stereocenters. The number of carbonyl (C=O) groups is 1. The molecule has 0 saturated carbocycles. The van der Waals surface area contributed by atoms with Crippen LogP contribution in [-0.4, -0.2) is 53.4 Å². The van der Waals surface area contributed by atoms with Crippen molar-refractivity contribution in [1.29, 1.82) is 0 Å². The summed E-state index contributed by atoms with van der Waals surface area (Å²) in [7, 11) is 2.08. The molecule has 1 aliphatic rings. The summed E-state index contributed by atoms with van der Waals surface area (Å²) in [5.41, 5.74) is 3.91. The van der Waals surface area contributed by atoms with Crippen molar-refractivity contribution >= 4 is 11.7 Å². The van der Waals surface area contributed by atoms with Crippen LogP contribution in [0.25, 0.3) is 0 Å². The minimum absolute atomic E-state index is 0.0435. The molecule has 2 rings (SSSR count). The maximum atomic E-state index is 12.5. The molecule has 0 spiro atoms. The molecule has 19 heavy (non-hydrogen) atoms. The van der Waals surface area contributed by atoms with Gasteiger partial charge in [-0.1, -0.05) is 0 Å². The van der Waals surface area contributed by atoms with Gasteiger partial charge in [0.25, 0.3) is 5.91 Å². The Morgan fingerprint density at radius 1 is 1.47 bits per heavy atom. The van der Waals surface area contributed by atoms with Gasteiger partial charge in [0.1, 0.15) is 5.82 Å². The van der Waals surface area contributed by atoms with Gasteiger partial charge < -0.3 is 15.2 Å². The van der Waals surface area contributed by atoms with Crippen LogP contribution in [0.4, 0.5) is 5.82 Å². The first-order chi connectivity index (χ1) is 9.01. The fourth-order valence-corrected chi connectivity index (χ4v) is 2.28. The lowest BCUT2D eigenvalue weighted by molar-refractivity contribution is 0.0572. The van der Waals surface area contributed by atoms with E-state index in [-0.39, 0.29) is 5.91 Å². The number of nitrogen functional groups attached to an aromatic ring is 1. The number of rotatable bonds is 2. The molecule has 6 nitrogen and oxygen atoms in total. The molecule has 1 amide bonds. The van der Waals surface area contributed by atoms with Crippen LogP contribution < -0.4 is 11.3 Å². The number of carbonyl (C=O) groups excluding carboxylic acids is 1. The summed E-state index contributed by atoms with van der Waals surface area (Å²) in [6, 6.07) is 3.87. The molecular weight excluding hydrogens is 242 g/mol. The Morgan fingerprint density at radius 3 is 2.84 bits per heavy atom. The minimum atomic E-state index is 0.0435. The number of nitrogens with zero attached hydrogens (tertiary/aromatic N) is 3. The molecule has 1 aromatic rings. The summed E-state index contributed by atoms with van der Waals surface area (Å²) in [5, 5.41) is 0. The number of hydrogen-bond donors (Lipinski definition) is 2. The SMILES string of the molecule is Cc1cc(C(=O)N2CCN(C)C(C)C2)cc(NN)n1. The highest BCUT2D eigenvalue weighted by molar-refractivity contribution is 5.95. The quantitative estimate of drug-likeness (QED) is 0.598. The predicted octanol–water partition coefficient (Wildman–Crippen LogP) is 0.452. The molecule has 3 N–H and O–H groups in total. The molecule has 1 aromatic heterocycles. The summed E-state index contributed by atoms with van der Waals surface area (Å²) in [4.78, 5) is 20.8. The van der Waals surface area contributed by atoms with Crippen LogP contribution >= 0.6 is 0 Å². The zero-order chi connectivity index (χ0) is 14.0. The van der Waals surface area contributed by atoms with Gasteiger partial charge in [-0.3, -0.25) is 4.79 Å². The fraction of sp³-hybridized carbons (Fsp3) is 0.538. The van der Waals surface area contributed by atoms with Crippen LogP contribution in [-0.2, 0) is 0 Å². The first-order valence-electron chi connectivity index (χ1n) is 6.46. The summed E-state index contributed by atoms with van der Waals surface area (Å²) in [5.74, 6) is 5.92. The van der Waals surface area contributed by atoms with E-state index in [1.54, 1.807) is 12.1 Å². The lowest BCUT2D eigenvalue weighted by atomic mass is 10.1. The van der Waals surface area contributed by atoms with E-state index >= 15 is 0 Å². The Balaban J connectivity index is 2.17. The van der Waals surface area contributed by atoms with E-state index in [1.807, 2.05) is 11.8 Å². The van der Waals surface area contributed by atoms with Gasteiger partial charge >= 0.3 is 0 Å². The standard InChI is InChI=1S/C13H21N5O/c1-9-6-11(7-12(15-9)16-14)13(19)18-5-4-17(3)10(2)8-18/h6-7,10H,4-5,8,14H2,1-3H3,(H,15,16). The monoisotopic (exact) mass is 263 g/mol. The van der Waals surface area contributed by atoms with Gasteiger partial charge in [-0.2, -0.15) is 0 Å². The van der Waals surface area contributed by atoms with Crippen LogP contribution in [0.1, 0.15) is 23.0 Å². The second kappa shape index (κ2) is 5.54. The number of hydrogen-bond acceptors (Lipinski definition) is 5. The topological polar surface area (TPSA) is 74.5 Å². The van der Waals surface area contributed by atoms with E-state index in [2.05, 4.69) is 29.3 Å². The van der Waals surface area contributed by atoms with Crippen molar-refractivity contribution in [3.8, 4) is 0 Å². The van der Waals surface area contributed by atoms with E-state index < -0.39 is 0 Å².